The summed E-state index contributed by atoms with van der Waals surface area (Å²) in [6, 6.07) is 15.8. The molecule has 8 heteroatoms. The van der Waals surface area contributed by atoms with Crippen LogP contribution >= 0.6 is 23.2 Å². The average Bonchev–Trinajstić information content (AvgIpc) is 3.26. The Bertz CT molecular complexity index is 997. The maximum atomic E-state index is 9.14. The van der Waals surface area contributed by atoms with E-state index in [1.54, 1.807) is 18.7 Å². The number of hydrogen-bond acceptors (Lipinski definition) is 5. The minimum atomic E-state index is 0.132. The molecule has 29 heavy (non-hydrogen) atoms. The molecule has 0 unspecified atom stereocenters. The summed E-state index contributed by atoms with van der Waals surface area (Å²) >= 11 is 12.6. The van der Waals surface area contributed by atoms with Gasteiger partial charge in [-0.05, 0) is 35.9 Å². The monoisotopic (exact) mass is 426 g/mol. The van der Waals surface area contributed by atoms with Gasteiger partial charge in [-0.1, -0.05) is 35.3 Å². The number of anilines is 1. The van der Waals surface area contributed by atoms with Crippen molar-refractivity contribution in [2.75, 3.05) is 31.1 Å². The molecule has 0 spiro atoms. The fourth-order valence-electron chi connectivity index (χ4n) is 3.70. The molecule has 0 aliphatic carbocycles. The Balaban J connectivity index is 1.58. The molecule has 1 fully saturated rings. The molecular formula is C21H20Cl2N6. The Hall–Kier alpha value is -2.59. The SMILES string of the molecule is N#Cc1ccc(N2CCN(CCn3cnnc3)C[C@H]2c2ccc(Cl)cc2)c(Cl)c1. The molecule has 0 amide bonds. The first-order valence-electron chi connectivity index (χ1n) is 9.40. The Labute approximate surface area is 179 Å². The molecule has 1 saturated heterocycles. The molecular weight excluding hydrogens is 407 g/mol. The van der Waals surface area contributed by atoms with Crippen LogP contribution in [-0.4, -0.2) is 45.8 Å². The third-order valence-corrected chi connectivity index (χ3v) is 5.80. The third kappa shape index (κ3) is 4.54. The van der Waals surface area contributed by atoms with E-state index in [2.05, 4.69) is 38.2 Å². The largest absolute Gasteiger partial charge is 0.361 e. The second-order valence-electron chi connectivity index (χ2n) is 7.04. The lowest BCUT2D eigenvalue weighted by molar-refractivity contribution is 0.215. The maximum Gasteiger partial charge on any atom is 0.119 e. The van der Waals surface area contributed by atoms with Crippen molar-refractivity contribution >= 4 is 28.9 Å². The Morgan fingerprint density at radius 1 is 1.00 bits per heavy atom. The number of piperazine rings is 1. The van der Waals surface area contributed by atoms with Crippen molar-refractivity contribution in [1.82, 2.24) is 19.7 Å². The molecule has 1 aliphatic heterocycles. The van der Waals surface area contributed by atoms with E-state index in [4.69, 9.17) is 28.5 Å². The van der Waals surface area contributed by atoms with E-state index >= 15 is 0 Å². The van der Waals surface area contributed by atoms with Gasteiger partial charge in [0.15, 0.2) is 0 Å². The van der Waals surface area contributed by atoms with E-state index in [-0.39, 0.29) is 6.04 Å². The van der Waals surface area contributed by atoms with Crippen molar-refractivity contribution in [3.05, 3.63) is 76.3 Å². The Kier molecular flexibility index (Phi) is 6.00. The van der Waals surface area contributed by atoms with Gasteiger partial charge in [-0.3, -0.25) is 4.90 Å². The molecule has 2 aromatic carbocycles. The van der Waals surface area contributed by atoms with Crippen molar-refractivity contribution in [3.63, 3.8) is 0 Å². The van der Waals surface area contributed by atoms with Crippen molar-refractivity contribution < 1.29 is 0 Å². The van der Waals surface area contributed by atoms with Crippen LogP contribution in [0.3, 0.4) is 0 Å². The number of benzene rings is 2. The summed E-state index contributed by atoms with van der Waals surface area (Å²) in [5.41, 5.74) is 2.70. The van der Waals surface area contributed by atoms with Crippen LogP contribution in [-0.2, 0) is 6.54 Å². The van der Waals surface area contributed by atoms with Crippen LogP contribution in [0, 0.1) is 11.3 Å². The number of nitrogens with zero attached hydrogens (tertiary/aromatic N) is 6. The van der Waals surface area contributed by atoms with Gasteiger partial charge in [0.1, 0.15) is 12.7 Å². The molecule has 1 atom stereocenters. The van der Waals surface area contributed by atoms with E-state index in [0.29, 0.717) is 10.6 Å². The molecule has 0 saturated carbocycles. The van der Waals surface area contributed by atoms with Crippen LogP contribution in [0.4, 0.5) is 5.69 Å². The van der Waals surface area contributed by atoms with Crippen LogP contribution in [0.25, 0.3) is 0 Å². The van der Waals surface area contributed by atoms with Crippen molar-refractivity contribution in [1.29, 1.82) is 5.26 Å². The van der Waals surface area contributed by atoms with Gasteiger partial charge in [-0.15, -0.1) is 10.2 Å². The average molecular weight is 427 g/mol. The van der Waals surface area contributed by atoms with E-state index in [0.717, 1.165) is 43.4 Å². The van der Waals surface area contributed by atoms with Gasteiger partial charge in [-0.25, -0.2) is 0 Å². The minimum Gasteiger partial charge on any atom is -0.361 e. The van der Waals surface area contributed by atoms with Gasteiger partial charge >= 0.3 is 0 Å². The van der Waals surface area contributed by atoms with Crippen LogP contribution in [0.2, 0.25) is 10.0 Å². The molecule has 148 valence electrons. The molecule has 1 aliphatic rings. The lowest BCUT2D eigenvalue weighted by Crippen LogP contribution is -2.49. The smallest absolute Gasteiger partial charge is 0.119 e. The molecule has 6 nitrogen and oxygen atoms in total. The number of halogens is 2. The highest BCUT2D eigenvalue weighted by Gasteiger charge is 2.29. The van der Waals surface area contributed by atoms with E-state index in [1.165, 1.54) is 5.56 Å². The molecule has 4 rings (SSSR count). The molecule has 1 aromatic heterocycles. The highest BCUT2D eigenvalue weighted by molar-refractivity contribution is 6.33. The maximum absolute atomic E-state index is 9.14. The van der Waals surface area contributed by atoms with Crippen LogP contribution in [0.5, 0.6) is 0 Å². The summed E-state index contributed by atoms with van der Waals surface area (Å²) in [4.78, 5) is 4.76. The summed E-state index contributed by atoms with van der Waals surface area (Å²) in [6.07, 6.45) is 3.48. The summed E-state index contributed by atoms with van der Waals surface area (Å²) in [6.45, 7) is 4.37. The first-order valence-corrected chi connectivity index (χ1v) is 10.2. The predicted octanol–water partition coefficient (Wildman–Crippen LogP) is 4.02. The lowest BCUT2D eigenvalue weighted by atomic mass is 10.0. The Morgan fingerprint density at radius 2 is 1.76 bits per heavy atom. The number of hydrogen-bond donors (Lipinski definition) is 0. The van der Waals surface area contributed by atoms with Crippen LogP contribution in [0.15, 0.2) is 55.1 Å². The van der Waals surface area contributed by atoms with E-state index in [1.807, 2.05) is 28.8 Å². The molecule has 3 aromatic rings. The van der Waals surface area contributed by atoms with Crippen molar-refractivity contribution in [2.45, 2.75) is 12.6 Å². The normalized spacial score (nSPS) is 17.3. The highest BCUT2D eigenvalue weighted by atomic mass is 35.5. The first kappa shape index (κ1) is 19.7. The topological polar surface area (TPSA) is 61.0 Å². The molecule has 2 heterocycles. The summed E-state index contributed by atoms with van der Waals surface area (Å²) in [5.74, 6) is 0. The highest BCUT2D eigenvalue weighted by Crippen LogP contribution is 2.36. The molecule has 0 radical (unpaired) electrons. The van der Waals surface area contributed by atoms with Crippen LogP contribution < -0.4 is 4.90 Å². The van der Waals surface area contributed by atoms with Crippen molar-refractivity contribution in [3.8, 4) is 6.07 Å². The zero-order valence-electron chi connectivity index (χ0n) is 15.7. The van der Waals surface area contributed by atoms with Gasteiger partial charge in [0, 0.05) is 37.7 Å². The van der Waals surface area contributed by atoms with E-state index < -0.39 is 0 Å². The zero-order chi connectivity index (χ0) is 20.2. The van der Waals surface area contributed by atoms with Gasteiger partial charge in [0.2, 0.25) is 0 Å². The second kappa shape index (κ2) is 8.83. The quantitative estimate of drug-likeness (QED) is 0.616. The third-order valence-electron chi connectivity index (χ3n) is 5.25. The summed E-state index contributed by atoms with van der Waals surface area (Å²) in [7, 11) is 0. The number of nitriles is 1. The zero-order valence-corrected chi connectivity index (χ0v) is 17.3. The fourth-order valence-corrected chi connectivity index (χ4v) is 4.12. The predicted molar refractivity (Wildman–Crippen MR) is 114 cm³/mol. The van der Waals surface area contributed by atoms with Gasteiger partial charge < -0.3 is 9.47 Å². The summed E-state index contributed by atoms with van der Waals surface area (Å²) < 4.78 is 1.99. The van der Waals surface area contributed by atoms with Gasteiger partial charge in [0.05, 0.1) is 28.4 Å². The van der Waals surface area contributed by atoms with Crippen molar-refractivity contribution in [2.24, 2.45) is 0 Å². The molecule has 0 bridgehead atoms. The minimum absolute atomic E-state index is 0.132. The van der Waals surface area contributed by atoms with Gasteiger partial charge in [0.25, 0.3) is 0 Å². The number of rotatable bonds is 5. The first-order chi connectivity index (χ1) is 14.1. The lowest BCUT2D eigenvalue weighted by Gasteiger charge is -2.43. The summed E-state index contributed by atoms with van der Waals surface area (Å²) in [5, 5.41) is 18.2. The Morgan fingerprint density at radius 3 is 2.45 bits per heavy atom. The number of aromatic nitrogens is 3. The fraction of sp³-hybridized carbons (Fsp3) is 0.286. The standard InChI is InChI=1S/C21H20Cl2N6/c22-18-4-2-17(3-5-18)21-13-27(7-8-28-14-25-26-15-28)9-10-29(21)20-6-1-16(12-24)11-19(20)23/h1-6,11,14-15,21H,7-10,13H2/t21-/m0/s1. The molecule has 0 N–H and O–H groups in total. The van der Waals surface area contributed by atoms with E-state index in [9.17, 15) is 0 Å². The van der Waals surface area contributed by atoms with Gasteiger partial charge in [-0.2, -0.15) is 5.26 Å². The van der Waals surface area contributed by atoms with Crippen LogP contribution in [0.1, 0.15) is 17.2 Å². The second-order valence-corrected chi connectivity index (χ2v) is 7.88.